The van der Waals surface area contributed by atoms with Crippen LogP contribution < -0.4 is 5.32 Å². The van der Waals surface area contributed by atoms with Gasteiger partial charge in [0.15, 0.2) is 0 Å². The third-order valence-corrected chi connectivity index (χ3v) is 2.21. The van der Waals surface area contributed by atoms with Gasteiger partial charge in [0, 0.05) is 10.2 Å². The normalized spacial score (nSPS) is 9.80. The van der Waals surface area contributed by atoms with Gasteiger partial charge in [0.05, 0.1) is 5.88 Å². The maximum absolute atomic E-state index is 11.2. The first kappa shape index (κ1) is 12.3. The predicted octanol–water partition coefficient (Wildman–Crippen LogP) is 3.54. The number of aryl methyl sites for hydroxylation is 1. The van der Waals surface area contributed by atoms with Crippen LogP contribution in [0.25, 0.3) is 0 Å². The van der Waals surface area contributed by atoms with Crippen LogP contribution in [0.2, 0.25) is 0 Å². The number of nitrogens with one attached hydrogen (secondary N) is 1. The fourth-order valence-corrected chi connectivity index (χ4v) is 1.78. The molecule has 0 aliphatic rings. The molecule has 82 valence electrons. The van der Waals surface area contributed by atoms with E-state index in [1.807, 2.05) is 19.1 Å². The molecule has 0 fully saturated rings. The van der Waals surface area contributed by atoms with E-state index < -0.39 is 6.09 Å². The molecule has 0 spiro atoms. The van der Waals surface area contributed by atoms with Crippen molar-refractivity contribution in [1.29, 1.82) is 0 Å². The van der Waals surface area contributed by atoms with Crippen LogP contribution in [0.4, 0.5) is 10.5 Å². The number of amides is 1. The smallest absolute Gasteiger partial charge is 0.411 e. The number of alkyl halides is 1. The maximum atomic E-state index is 11.2. The summed E-state index contributed by atoms with van der Waals surface area (Å²) in [7, 11) is 0. The number of anilines is 1. The largest absolute Gasteiger partial charge is 0.448 e. The van der Waals surface area contributed by atoms with Crippen molar-refractivity contribution in [2.24, 2.45) is 0 Å². The van der Waals surface area contributed by atoms with E-state index in [1.165, 1.54) is 0 Å². The molecule has 0 atom stereocenters. The van der Waals surface area contributed by atoms with Gasteiger partial charge in [-0.25, -0.2) is 4.79 Å². The highest BCUT2D eigenvalue weighted by atomic mass is 79.9. The fraction of sp³-hybridized carbons (Fsp3) is 0.300. The molecule has 0 bridgehead atoms. The molecule has 1 rings (SSSR count). The van der Waals surface area contributed by atoms with Gasteiger partial charge in [0.1, 0.15) is 6.61 Å². The zero-order valence-corrected chi connectivity index (χ0v) is 10.6. The predicted molar refractivity (Wildman–Crippen MR) is 64.6 cm³/mol. The molecule has 15 heavy (non-hydrogen) atoms. The van der Waals surface area contributed by atoms with E-state index in [9.17, 15) is 4.79 Å². The summed E-state index contributed by atoms with van der Waals surface area (Å²) in [6, 6.07) is 5.61. The number of benzene rings is 1. The molecule has 1 amide bonds. The summed E-state index contributed by atoms with van der Waals surface area (Å²) in [5.74, 6) is 0.297. The van der Waals surface area contributed by atoms with Gasteiger partial charge in [-0.1, -0.05) is 15.9 Å². The van der Waals surface area contributed by atoms with Gasteiger partial charge in [-0.2, -0.15) is 0 Å². The molecule has 0 unspecified atom stereocenters. The Bertz CT molecular complexity index is 337. The van der Waals surface area contributed by atoms with Gasteiger partial charge in [-0.15, -0.1) is 11.6 Å². The molecule has 0 saturated heterocycles. The molecule has 5 heteroatoms. The van der Waals surface area contributed by atoms with Crippen LogP contribution in [0.15, 0.2) is 22.7 Å². The first-order valence-corrected chi connectivity index (χ1v) is 5.71. The van der Waals surface area contributed by atoms with E-state index >= 15 is 0 Å². The number of carbonyl (C=O) groups excluding carboxylic acids is 1. The van der Waals surface area contributed by atoms with E-state index in [0.29, 0.717) is 11.6 Å². The summed E-state index contributed by atoms with van der Waals surface area (Å²) in [6.45, 7) is 2.15. The number of hydrogen-bond acceptors (Lipinski definition) is 2. The second kappa shape index (κ2) is 5.98. The minimum absolute atomic E-state index is 0.209. The first-order chi connectivity index (χ1) is 7.11. The molecule has 0 aliphatic heterocycles. The van der Waals surface area contributed by atoms with Crippen molar-refractivity contribution in [1.82, 2.24) is 0 Å². The Kier molecular flexibility index (Phi) is 4.91. The van der Waals surface area contributed by atoms with Crippen molar-refractivity contribution in [3.05, 3.63) is 28.2 Å². The molecule has 1 aromatic rings. The molecular formula is C10H11BrClNO2. The third-order valence-electron chi connectivity index (χ3n) is 1.60. The SMILES string of the molecule is Cc1cc(Br)cc(NC(=O)OCCCl)c1. The molecule has 1 aromatic carbocycles. The Balaban J connectivity index is 2.60. The monoisotopic (exact) mass is 291 g/mol. The van der Waals surface area contributed by atoms with Crippen LogP contribution in [-0.2, 0) is 4.74 Å². The summed E-state index contributed by atoms with van der Waals surface area (Å²) >= 11 is 8.73. The average molecular weight is 293 g/mol. The lowest BCUT2D eigenvalue weighted by Crippen LogP contribution is -2.14. The Morgan fingerprint density at radius 1 is 1.53 bits per heavy atom. The molecule has 0 aliphatic carbocycles. The Labute approximate surface area is 102 Å². The van der Waals surface area contributed by atoms with Crippen molar-refractivity contribution in [3.63, 3.8) is 0 Å². The first-order valence-electron chi connectivity index (χ1n) is 4.39. The topological polar surface area (TPSA) is 38.3 Å². The Morgan fingerprint density at radius 3 is 2.87 bits per heavy atom. The van der Waals surface area contributed by atoms with Crippen LogP contribution in [0.1, 0.15) is 5.56 Å². The molecule has 0 radical (unpaired) electrons. The molecule has 1 N–H and O–H groups in total. The molecular weight excluding hydrogens is 281 g/mol. The van der Waals surface area contributed by atoms with Crippen molar-refractivity contribution in [2.45, 2.75) is 6.92 Å². The van der Waals surface area contributed by atoms with Gasteiger partial charge in [0.25, 0.3) is 0 Å². The molecule has 0 heterocycles. The lowest BCUT2D eigenvalue weighted by atomic mass is 10.2. The highest BCUT2D eigenvalue weighted by Crippen LogP contribution is 2.19. The summed E-state index contributed by atoms with van der Waals surface area (Å²) < 4.78 is 5.69. The number of ether oxygens (including phenoxy) is 1. The van der Waals surface area contributed by atoms with Crippen LogP contribution in [-0.4, -0.2) is 18.6 Å². The van der Waals surface area contributed by atoms with Gasteiger partial charge in [-0.3, -0.25) is 5.32 Å². The standard InChI is InChI=1S/C10H11BrClNO2/c1-7-4-8(11)6-9(5-7)13-10(14)15-3-2-12/h4-6H,2-3H2,1H3,(H,13,14). The van der Waals surface area contributed by atoms with Crippen LogP contribution >= 0.6 is 27.5 Å². The molecule has 0 aromatic heterocycles. The maximum Gasteiger partial charge on any atom is 0.411 e. The summed E-state index contributed by atoms with van der Waals surface area (Å²) in [5, 5.41) is 2.61. The summed E-state index contributed by atoms with van der Waals surface area (Å²) in [5.41, 5.74) is 1.75. The average Bonchev–Trinajstić information content (AvgIpc) is 2.13. The quantitative estimate of drug-likeness (QED) is 0.865. The zero-order chi connectivity index (χ0) is 11.3. The van der Waals surface area contributed by atoms with Gasteiger partial charge in [0.2, 0.25) is 0 Å². The van der Waals surface area contributed by atoms with E-state index in [1.54, 1.807) is 6.07 Å². The summed E-state index contributed by atoms with van der Waals surface area (Å²) in [6.07, 6.45) is -0.492. The van der Waals surface area contributed by atoms with Crippen molar-refractivity contribution in [2.75, 3.05) is 17.8 Å². The van der Waals surface area contributed by atoms with Crippen LogP contribution in [0.5, 0.6) is 0 Å². The van der Waals surface area contributed by atoms with Crippen LogP contribution in [0.3, 0.4) is 0 Å². The summed E-state index contributed by atoms with van der Waals surface area (Å²) in [4.78, 5) is 11.2. The molecule has 0 saturated carbocycles. The van der Waals surface area contributed by atoms with E-state index in [-0.39, 0.29) is 6.61 Å². The number of hydrogen-bond donors (Lipinski definition) is 1. The number of rotatable bonds is 3. The Morgan fingerprint density at radius 2 is 2.27 bits per heavy atom. The van der Waals surface area contributed by atoms with Gasteiger partial charge < -0.3 is 4.74 Å². The Hall–Kier alpha value is -0.740. The minimum atomic E-state index is -0.492. The molecule has 3 nitrogen and oxygen atoms in total. The van der Waals surface area contributed by atoms with E-state index in [2.05, 4.69) is 21.2 Å². The van der Waals surface area contributed by atoms with Gasteiger partial charge >= 0.3 is 6.09 Å². The number of carbonyl (C=O) groups is 1. The second-order valence-corrected chi connectivity index (χ2v) is 4.26. The number of halogens is 2. The second-order valence-electron chi connectivity index (χ2n) is 2.97. The van der Waals surface area contributed by atoms with E-state index in [0.717, 1.165) is 10.0 Å². The van der Waals surface area contributed by atoms with Crippen molar-refractivity contribution in [3.8, 4) is 0 Å². The highest BCUT2D eigenvalue weighted by molar-refractivity contribution is 9.10. The lowest BCUT2D eigenvalue weighted by molar-refractivity contribution is 0.168. The minimum Gasteiger partial charge on any atom is -0.448 e. The van der Waals surface area contributed by atoms with Gasteiger partial charge in [-0.05, 0) is 30.7 Å². The van der Waals surface area contributed by atoms with Crippen molar-refractivity contribution >= 4 is 39.3 Å². The lowest BCUT2D eigenvalue weighted by Gasteiger charge is -2.06. The van der Waals surface area contributed by atoms with Crippen molar-refractivity contribution < 1.29 is 9.53 Å². The highest BCUT2D eigenvalue weighted by Gasteiger charge is 2.03. The fourth-order valence-electron chi connectivity index (χ4n) is 1.09. The third kappa shape index (κ3) is 4.53. The van der Waals surface area contributed by atoms with E-state index in [4.69, 9.17) is 16.3 Å². The zero-order valence-electron chi connectivity index (χ0n) is 8.22. The van der Waals surface area contributed by atoms with Crippen LogP contribution in [0, 0.1) is 6.92 Å².